The minimum absolute atomic E-state index is 0.114. The summed E-state index contributed by atoms with van der Waals surface area (Å²) in [4.78, 5) is 24.6. The SMILES string of the molecule is Cc1ccccc1C(=O)NCC(=O)NC(c1ccccc1)c1ccco1. The molecule has 0 radical (unpaired) electrons. The highest BCUT2D eigenvalue weighted by Gasteiger charge is 2.19. The van der Waals surface area contributed by atoms with E-state index in [2.05, 4.69) is 10.6 Å². The normalized spacial score (nSPS) is 11.6. The van der Waals surface area contributed by atoms with Crippen molar-refractivity contribution in [3.63, 3.8) is 0 Å². The molecule has 132 valence electrons. The van der Waals surface area contributed by atoms with Gasteiger partial charge in [0.15, 0.2) is 0 Å². The second-order valence-corrected chi connectivity index (χ2v) is 5.92. The van der Waals surface area contributed by atoms with Gasteiger partial charge in [0.25, 0.3) is 5.91 Å². The summed E-state index contributed by atoms with van der Waals surface area (Å²) < 4.78 is 5.46. The fourth-order valence-corrected chi connectivity index (χ4v) is 2.72. The van der Waals surface area contributed by atoms with Crippen molar-refractivity contribution < 1.29 is 14.0 Å². The number of benzene rings is 2. The number of carbonyl (C=O) groups excluding carboxylic acids is 2. The van der Waals surface area contributed by atoms with Crippen LogP contribution in [0.4, 0.5) is 0 Å². The van der Waals surface area contributed by atoms with Crippen LogP contribution in [0.5, 0.6) is 0 Å². The maximum Gasteiger partial charge on any atom is 0.251 e. The maximum absolute atomic E-state index is 12.4. The van der Waals surface area contributed by atoms with Crippen molar-refractivity contribution in [1.82, 2.24) is 10.6 Å². The first-order valence-electron chi connectivity index (χ1n) is 8.36. The molecule has 26 heavy (non-hydrogen) atoms. The zero-order valence-electron chi connectivity index (χ0n) is 14.4. The third kappa shape index (κ3) is 4.19. The zero-order valence-corrected chi connectivity index (χ0v) is 14.4. The average molecular weight is 348 g/mol. The van der Waals surface area contributed by atoms with Crippen molar-refractivity contribution in [1.29, 1.82) is 0 Å². The van der Waals surface area contributed by atoms with E-state index in [4.69, 9.17) is 4.42 Å². The second kappa shape index (κ2) is 8.16. The van der Waals surface area contributed by atoms with E-state index in [1.54, 1.807) is 24.5 Å². The molecule has 0 aliphatic carbocycles. The second-order valence-electron chi connectivity index (χ2n) is 5.92. The van der Waals surface area contributed by atoms with E-state index in [1.165, 1.54) is 0 Å². The largest absolute Gasteiger partial charge is 0.467 e. The summed E-state index contributed by atoms with van der Waals surface area (Å²) in [5.74, 6) is 0.0690. The van der Waals surface area contributed by atoms with E-state index in [0.717, 1.165) is 11.1 Å². The molecule has 5 heteroatoms. The van der Waals surface area contributed by atoms with E-state index in [1.807, 2.05) is 55.5 Å². The van der Waals surface area contributed by atoms with Crippen LogP contribution in [0.2, 0.25) is 0 Å². The Bertz CT molecular complexity index is 873. The van der Waals surface area contributed by atoms with Gasteiger partial charge in [-0.2, -0.15) is 0 Å². The molecule has 2 amide bonds. The molecule has 1 aromatic heterocycles. The molecule has 0 spiro atoms. The topological polar surface area (TPSA) is 71.3 Å². The Hall–Kier alpha value is -3.34. The van der Waals surface area contributed by atoms with Gasteiger partial charge >= 0.3 is 0 Å². The number of rotatable bonds is 6. The van der Waals surface area contributed by atoms with Crippen LogP contribution >= 0.6 is 0 Å². The number of nitrogens with one attached hydrogen (secondary N) is 2. The van der Waals surface area contributed by atoms with Crippen LogP contribution in [-0.2, 0) is 4.79 Å². The lowest BCUT2D eigenvalue weighted by molar-refractivity contribution is -0.120. The summed E-state index contributed by atoms with van der Waals surface area (Å²) in [5, 5.41) is 5.57. The van der Waals surface area contributed by atoms with Gasteiger partial charge < -0.3 is 15.1 Å². The Kier molecular flexibility index (Phi) is 5.49. The molecule has 3 aromatic rings. The fraction of sp³-hybridized carbons (Fsp3) is 0.143. The summed E-state index contributed by atoms with van der Waals surface area (Å²) in [6.45, 7) is 1.74. The first-order chi connectivity index (χ1) is 12.6. The van der Waals surface area contributed by atoms with Gasteiger partial charge in [0, 0.05) is 5.56 Å². The molecular weight excluding hydrogens is 328 g/mol. The first kappa shape index (κ1) is 17.5. The number of hydrogen-bond acceptors (Lipinski definition) is 3. The molecule has 0 aliphatic heterocycles. The number of hydrogen-bond donors (Lipinski definition) is 2. The molecule has 1 atom stereocenters. The van der Waals surface area contributed by atoms with Gasteiger partial charge in [-0.3, -0.25) is 9.59 Å². The van der Waals surface area contributed by atoms with Gasteiger partial charge in [0.1, 0.15) is 11.8 Å². The highest BCUT2D eigenvalue weighted by Crippen LogP contribution is 2.22. The van der Waals surface area contributed by atoms with Gasteiger partial charge in [0.2, 0.25) is 5.91 Å². The molecular formula is C21H20N2O3. The van der Waals surface area contributed by atoms with E-state index in [-0.39, 0.29) is 18.4 Å². The van der Waals surface area contributed by atoms with Gasteiger partial charge in [-0.1, -0.05) is 48.5 Å². The van der Waals surface area contributed by atoms with E-state index >= 15 is 0 Å². The molecule has 2 aromatic carbocycles. The summed E-state index contributed by atoms with van der Waals surface area (Å²) in [6, 6.07) is 20.0. The van der Waals surface area contributed by atoms with Crippen LogP contribution in [0.25, 0.3) is 0 Å². The Morgan fingerprint density at radius 1 is 0.962 bits per heavy atom. The third-order valence-electron chi connectivity index (χ3n) is 4.07. The molecule has 5 nitrogen and oxygen atoms in total. The Labute approximate surface area is 152 Å². The zero-order chi connectivity index (χ0) is 18.4. The highest BCUT2D eigenvalue weighted by atomic mass is 16.3. The molecule has 0 bridgehead atoms. The monoisotopic (exact) mass is 348 g/mol. The molecule has 2 N–H and O–H groups in total. The predicted molar refractivity (Wildman–Crippen MR) is 98.6 cm³/mol. The highest BCUT2D eigenvalue weighted by molar-refractivity contribution is 5.97. The van der Waals surface area contributed by atoms with Crippen LogP contribution in [-0.4, -0.2) is 18.4 Å². The van der Waals surface area contributed by atoms with Gasteiger partial charge in [0.05, 0.1) is 12.8 Å². The molecule has 0 aliphatic rings. The van der Waals surface area contributed by atoms with Crippen molar-refractivity contribution in [2.75, 3.05) is 6.54 Å². The standard InChI is InChI=1S/C21H20N2O3/c1-15-8-5-6-11-17(15)21(25)22-14-19(24)23-20(18-12-7-13-26-18)16-9-3-2-4-10-16/h2-13,20H,14H2,1H3,(H,22,25)(H,23,24). The quantitative estimate of drug-likeness (QED) is 0.718. The summed E-state index contributed by atoms with van der Waals surface area (Å²) in [6.07, 6.45) is 1.57. The van der Waals surface area contributed by atoms with Crippen LogP contribution in [0.3, 0.4) is 0 Å². The first-order valence-corrected chi connectivity index (χ1v) is 8.36. The Morgan fingerprint density at radius 2 is 1.69 bits per heavy atom. The van der Waals surface area contributed by atoms with Crippen LogP contribution in [0.15, 0.2) is 77.4 Å². The lowest BCUT2D eigenvalue weighted by Gasteiger charge is -2.17. The molecule has 3 rings (SSSR count). The van der Waals surface area contributed by atoms with E-state index < -0.39 is 6.04 Å². The minimum atomic E-state index is -0.408. The molecule has 0 fully saturated rings. The van der Waals surface area contributed by atoms with Gasteiger partial charge in [-0.25, -0.2) is 0 Å². The summed E-state index contributed by atoms with van der Waals surface area (Å²) in [7, 11) is 0. The van der Waals surface area contributed by atoms with Crippen LogP contribution < -0.4 is 10.6 Å². The van der Waals surface area contributed by atoms with Crippen molar-refractivity contribution in [2.24, 2.45) is 0 Å². The molecule has 1 unspecified atom stereocenters. The number of carbonyl (C=O) groups is 2. The molecule has 0 saturated heterocycles. The number of amides is 2. The third-order valence-corrected chi connectivity index (χ3v) is 4.07. The minimum Gasteiger partial charge on any atom is -0.467 e. The molecule has 0 saturated carbocycles. The summed E-state index contributed by atoms with van der Waals surface area (Å²) in [5.41, 5.74) is 2.33. The van der Waals surface area contributed by atoms with Gasteiger partial charge in [-0.05, 0) is 36.2 Å². The lowest BCUT2D eigenvalue weighted by atomic mass is 10.0. The molecule has 1 heterocycles. The Morgan fingerprint density at radius 3 is 2.38 bits per heavy atom. The average Bonchev–Trinajstić information content (AvgIpc) is 3.19. The predicted octanol–water partition coefficient (Wildman–Crippen LogP) is 3.22. The van der Waals surface area contributed by atoms with E-state index in [9.17, 15) is 9.59 Å². The fourth-order valence-electron chi connectivity index (χ4n) is 2.72. The Balaban J connectivity index is 1.65. The maximum atomic E-state index is 12.4. The van der Waals surface area contributed by atoms with E-state index in [0.29, 0.717) is 11.3 Å². The smallest absolute Gasteiger partial charge is 0.251 e. The number of furan rings is 1. The number of aryl methyl sites for hydroxylation is 1. The summed E-state index contributed by atoms with van der Waals surface area (Å²) >= 11 is 0. The van der Waals surface area contributed by atoms with Crippen molar-refractivity contribution in [3.8, 4) is 0 Å². The van der Waals surface area contributed by atoms with Crippen molar-refractivity contribution in [3.05, 3.63) is 95.4 Å². The van der Waals surface area contributed by atoms with Gasteiger partial charge in [-0.15, -0.1) is 0 Å². The van der Waals surface area contributed by atoms with Crippen LogP contribution in [0.1, 0.15) is 33.3 Å². The van der Waals surface area contributed by atoms with Crippen molar-refractivity contribution >= 4 is 11.8 Å². The van der Waals surface area contributed by atoms with Crippen LogP contribution in [0, 0.1) is 6.92 Å². The lowest BCUT2D eigenvalue weighted by Crippen LogP contribution is -2.39. The van der Waals surface area contributed by atoms with Crippen molar-refractivity contribution in [2.45, 2.75) is 13.0 Å².